The van der Waals surface area contributed by atoms with Crippen LogP contribution in [-0.2, 0) is 7.05 Å². The zero-order valence-electron chi connectivity index (χ0n) is 11.4. The van der Waals surface area contributed by atoms with Crippen LogP contribution in [0, 0.1) is 0 Å². The number of thiazole rings is 1. The normalized spacial score (nSPS) is 13.1. The molecule has 0 saturated heterocycles. The van der Waals surface area contributed by atoms with Crippen LogP contribution in [0.1, 0.15) is 12.5 Å². The summed E-state index contributed by atoms with van der Waals surface area (Å²) in [5, 5.41) is 8.74. The Morgan fingerprint density at radius 2 is 1.70 bits per heavy atom. The van der Waals surface area contributed by atoms with Crippen molar-refractivity contribution in [1.82, 2.24) is 4.57 Å². The van der Waals surface area contributed by atoms with E-state index in [0.29, 0.717) is 0 Å². The van der Waals surface area contributed by atoms with E-state index in [2.05, 4.69) is 26.9 Å². The lowest BCUT2D eigenvalue weighted by Crippen LogP contribution is -2.09. The lowest BCUT2D eigenvalue weighted by Gasteiger charge is -1.96. The van der Waals surface area contributed by atoms with Crippen LogP contribution in [0.15, 0.2) is 64.8 Å². The minimum absolute atomic E-state index is 0.904. The maximum absolute atomic E-state index is 4.39. The molecule has 0 amide bonds. The quantitative estimate of drug-likeness (QED) is 0.508. The number of fused-ring (bicyclic) bond motifs is 1. The van der Waals surface area contributed by atoms with Crippen LogP contribution < -0.4 is 4.80 Å². The molecule has 1 heterocycles. The molecule has 3 nitrogen and oxygen atoms in total. The summed E-state index contributed by atoms with van der Waals surface area (Å²) in [5.41, 5.74) is 3.20. The van der Waals surface area contributed by atoms with E-state index in [4.69, 9.17) is 0 Å². The first-order valence-corrected chi connectivity index (χ1v) is 7.25. The first kappa shape index (κ1) is 12.8. The molecule has 3 aromatic rings. The number of aryl methyl sites for hydroxylation is 1. The average molecular weight is 281 g/mol. The Morgan fingerprint density at radius 1 is 1.00 bits per heavy atom. The van der Waals surface area contributed by atoms with Crippen LogP contribution in [0.5, 0.6) is 0 Å². The highest BCUT2D eigenvalue weighted by Gasteiger charge is 2.01. The van der Waals surface area contributed by atoms with Crippen LogP contribution >= 0.6 is 11.3 Å². The third-order valence-corrected chi connectivity index (χ3v) is 4.30. The summed E-state index contributed by atoms with van der Waals surface area (Å²) in [6, 6.07) is 18.4. The van der Waals surface area contributed by atoms with Crippen LogP contribution in [0.25, 0.3) is 10.2 Å². The van der Waals surface area contributed by atoms with Crippen molar-refractivity contribution >= 4 is 27.3 Å². The standard InChI is InChI=1S/C16H15N3S/c1-12(13-8-4-3-5-9-13)17-18-16-19(2)14-10-6-7-11-15(14)20-16/h3-11H,1-2H3. The maximum atomic E-state index is 4.39. The molecule has 0 saturated carbocycles. The van der Waals surface area contributed by atoms with Gasteiger partial charge in [-0.15, -0.1) is 5.10 Å². The number of benzene rings is 2. The fourth-order valence-corrected chi connectivity index (χ4v) is 3.00. The Labute approximate surface area is 121 Å². The molecule has 4 heteroatoms. The van der Waals surface area contributed by atoms with E-state index >= 15 is 0 Å². The van der Waals surface area contributed by atoms with E-state index in [1.54, 1.807) is 11.3 Å². The van der Waals surface area contributed by atoms with Gasteiger partial charge in [-0.2, -0.15) is 5.10 Å². The SMILES string of the molecule is CC(=NN=c1sc2ccccc2n1C)c1ccccc1. The molecule has 0 radical (unpaired) electrons. The van der Waals surface area contributed by atoms with Crippen molar-refractivity contribution in [3.63, 3.8) is 0 Å². The number of hydrogen-bond acceptors (Lipinski definition) is 3. The van der Waals surface area contributed by atoms with Gasteiger partial charge >= 0.3 is 0 Å². The number of rotatable bonds is 2. The van der Waals surface area contributed by atoms with Crippen LogP contribution in [0.2, 0.25) is 0 Å². The molecular formula is C16H15N3S. The molecule has 0 spiro atoms. The van der Waals surface area contributed by atoms with Gasteiger partial charge in [-0.3, -0.25) is 0 Å². The zero-order chi connectivity index (χ0) is 13.9. The number of para-hydroxylation sites is 1. The average Bonchev–Trinajstić information content (AvgIpc) is 2.83. The molecule has 0 bridgehead atoms. The smallest absolute Gasteiger partial charge is 0.211 e. The van der Waals surface area contributed by atoms with Gasteiger partial charge in [0.05, 0.1) is 15.9 Å². The van der Waals surface area contributed by atoms with Crippen molar-refractivity contribution in [3.8, 4) is 0 Å². The van der Waals surface area contributed by atoms with Gasteiger partial charge in [-0.25, -0.2) is 0 Å². The summed E-state index contributed by atoms with van der Waals surface area (Å²) in [6.45, 7) is 1.98. The van der Waals surface area contributed by atoms with E-state index in [9.17, 15) is 0 Å². The maximum Gasteiger partial charge on any atom is 0.211 e. The third-order valence-electron chi connectivity index (χ3n) is 3.19. The lowest BCUT2D eigenvalue weighted by atomic mass is 10.1. The molecule has 0 fully saturated rings. The topological polar surface area (TPSA) is 29.6 Å². The Bertz CT molecular complexity index is 826. The highest BCUT2D eigenvalue weighted by Crippen LogP contribution is 2.15. The molecule has 0 atom stereocenters. The number of nitrogens with zero attached hydrogens (tertiary/aromatic N) is 3. The second kappa shape index (κ2) is 5.43. The molecular weight excluding hydrogens is 266 g/mol. The molecule has 0 aliphatic heterocycles. The van der Waals surface area contributed by atoms with Gasteiger partial charge in [0.15, 0.2) is 0 Å². The number of hydrogen-bond donors (Lipinski definition) is 0. The predicted octanol–water partition coefficient (Wildman–Crippen LogP) is 3.56. The van der Waals surface area contributed by atoms with E-state index < -0.39 is 0 Å². The van der Waals surface area contributed by atoms with Gasteiger partial charge in [0.25, 0.3) is 0 Å². The van der Waals surface area contributed by atoms with Crippen LogP contribution in [0.4, 0.5) is 0 Å². The third kappa shape index (κ3) is 2.42. The summed E-state index contributed by atoms with van der Waals surface area (Å²) in [6.07, 6.45) is 0. The summed E-state index contributed by atoms with van der Waals surface area (Å²) in [7, 11) is 2.02. The first-order chi connectivity index (χ1) is 9.75. The summed E-state index contributed by atoms with van der Waals surface area (Å²) in [4.78, 5) is 0.904. The summed E-state index contributed by atoms with van der Waals surface area (Å²) < 4.78 is 3.29. The van der Waals surface area contributed by atoms with Crippen molar-refractivity contribution in [3.05, 3.63) is 65.0 Å². The zero-order valence-corrected chi connectivity index (χ0v) is 12.3. The molecule has 20 heavy (non-hydrogen) atoms. The monoisotopic (exact) mass is 281 g/mol. The van der Waals surface area contributed by atoms with E-state index in [1.807, 2.05) is 56.4 Å². The van der Waals surface area contributed by atoms with Gasteiger partial charge in [0, 0.05) is 7.05 Å². The molecule has 0 unspecified atom stereocenters. The molecule has 0 aliphatic carbocycles. The van der Waals surface area contributed by atoms with Gasteiger partial charge in [-0.1, -0.05) is 53.8 Å². The van der Waals surface area contributed by atoms with Crippen molar-refractivity contribution < 1.29 is 0 Å². The Morgan fingerprint density at radius 3 is 2.45 bits per heavy atom. The number of aromatic nitrogens is 1. The fraction of sp³-hybridized carbons (Fsp3) is 0.125. The summed E-state index contributed by atoms with van der Waals surface area (Å²) in [5.74, 6) is 0. The first-order valence-electron chi connectivity index (χ1n) is 6.44. The van der Waals surface area contributed by atoms with Crippen LogP contribution in [0.3, 0.4) is 0 Å². The van der Waals surface area contributed by atoms with E-state index in [-0.39, 0.29) is 0 Å². The highest BCUT2D eigenvalue weighted by atomic mass is 32.1. The Hall–Kier alpha value is -2.20. The van der Waals surface area contributed by atoms with E-state index in [1.165, 1.54) is 10.2 Å². The van der Waals surface area contributed by atoms with Crippen molar-refractivity contribution in [2.75, 3.05) is 0 Å². The molecule has 3 rings (SSSR count). The van der Waals surface area contributed by atoms with Crippen molar-refractivity contribution in [2.45, 2.75) is 6.92 Å². The van der Waals surface area contributed by atoms with Crippen molar-refractivity contribution in [2.24, 2.45) is 17.3 Å². The Balaban J connectivity index is 2.05. The van der Waals surface area contributed by atoms with E-state index in [0.717, 1.165) is 16.1 Å². The Kier molecular flexibility index (Phi) is 3.48. The van der Waals surface area contributed by atoms with Gasteiger partial charge in [-0.05, 0) is 24.6 Å². The summed E-state index contributed by atoms with van der Waals surface area (Å²) >= 11 is 1.65. The van der Waals surface area contributed by atoms with Crippen LogP contribution in [-0.4, -0.2) is 10.3 Å². The van der Waals surface area contributed by atoms with Crippen molar-refractivity contribution in [1.29, 1.82) is 0 Å². The second-order valence-corrected chi connectivity index (χ2v) is 5.57. The molecule has 100 valence electrons. The molecule has 2 aromatic carbocycles. The highest BCUT2D eigenvalue weighted by molar-refractivity contribution is 7.16. The van der Waals surface area contributed by atoms with Gasteiger partial charge in [0.1, 0.15) is 0 Å². The molecule has 0 N–H and O–H groups in total. The minimum atomic E-state index is 0.904. The lowest BCUT2D eigenvalue weighted by molar-refractivity contribution is 0.888. The predicted molar refractivity (Wildman–Crippen MR) is 85.0 cm³/mol. The fourth-order valence-electron chi connectivity index (χ4n) is 2.03. The molecule has 0 aliphatic rings. The largest absolute Gasteiger partial charge is 0.318 e. The molecule has 1 aromatic heterocycles. The second-order valence-electron chi connectivity index (χ2n) is 4.56. The van der Waals surface area contributed by atoms with Gasteiger partial charge in [0.2, 0.25) is 4.80 Å². The van der Waals surface area contributed by atoms with Gasteiger partial charge < -0.3 is 4.57 Å². The minimum Gasteiger partial charge on any atom is -0.318 e.